The van der Waals surface area contributed by atoms with E-state index in [0.717, 1.165) is 17.0 Å². The van der Waals surface area contributed by atoms with E-state index in [2.05, 4.69) is 63.8 Å². The van der Waals surface area contributed by atoms with Gasteiger partial charge in [-0.05, 0) is 112 Å². The molecule has 1 aromatic heterocycles. The molecule has 1 amide bonds. The lowest BCUT2D eigenvalue weighted by Crippen LogP contribution is -2.36. The molecule has 1 heterocycles. The van der Waals surface area contributed by atoms with Gasteiger partial charge in [0.25, 0.3) is 5.91 Å². The second kappa shape index (κ2) is 9.86. The van der Waals surface area contributed by atoms with Crippen LogP contribution in [0.1, 0.15) is 69.1 Å². The van der Waals surface area contributed by atoms with E-state index in [1.807, 2.05) is 45.0 Å². The average molecular weight is 447 g/mol. The first-order valence-electron chi connectivity index (χ1n) is 11.7. The van der Waals surface area contributed by atoms with Crippen LogP contribution in [0, 0.1) is 34.6 Å². The van der Waals surface area contributed by atoms with E-state index in [9.17, 15) is 4.79 Å². The van der Waals surface area contributed by atoms with Crippen molar-refractivity contribution in [1.82, 2.24) is 4.90 Å². The summed E-state index contributed by atoms with van der Waals surface area (Å²) in [5, 5.41) is 0. The normalized spacial score (nSPS) is 11.2. The predicted octanol–water partition coefficient (Wildman–Crippen LogP) is 6.53. The zero-order chi connectivity index (χ0) is 24.4. The zero-order valence-corrected chi connectivity index (χ0v) is 21.7. The highest BCUT2D eigenvalue weighted by Crippen LogP contribution is 2.28. The van der Waals surface area contributed by atoms with E-state index in [-0.39, 0.29) is 11.9 Å². The monoisotopic (exact) mass is 446 g/mol. The summed E-state index contributed by atoms with van der Waals surface area (Å²) in [4.78, 5) is 17.3. The van der Waals surface area contributed by atoms with E-state index in [0.29, 0.717) is 18.7 Å². The molecule has 176 valence electrons. The van der Waals surface area contributed by atoms with E-state index >= 15 is 0 Å². The highest BCUT2D eigenvalue weighted by Gasteiger charge is 2.23. The SMILES string of the molecule is Cc1c(C)c(C)c(Cc2ccc(C(=O)N(Cc3ccc(N(C)C)cc3)C(C)C)o2)c(C)c1C. The molecule has 0 saturated carbocycles. The van der Waals surface area contributed by atoms with Gasteiger partial charge in [-0.3, -0.25) is 4.79 Å². The molecular weight excluding hydrogens is 408 g/mol. The molecule has 0 aliphatic rings. The third-order valence-electron chi connectivity index (χ3n) is 7.07. The smallest absolute Gasteiger partial charge is 0.290 e. The van der Waals surface area contributed by atoms with Gasteiger partial charge in [-0.1, -0.05) is 12.1 Å². The maximum absolute atomic E-state index is 13.3. The summed E-state index contributed by atoms with van der Waals surface area (Å²) in [6, 6.07) is 12.2. The summed E-state index contributed by atoms with van der Waals surface area (Å²) in [6.07, 6.45) is 0.695. The fourth-order valence-corrected chi connectivity index (χ4v) is 4.33. The van der Waals surface area contributed by atoms with Gasteiger partial charge >= 0.3 is 0 Å². The van der Waals surface area contributed by atoms with Crippen molar-refractivity contribution in [1.29, 1.82) is 0 Å². The Bertz CT molecular complexity index is 1110. The first kappa shape index (κ1) is 24.6. The number of carbonyl (C=O) groups is 1. The van der Waals surface area contributed by atoms with Crippen LogP contribution >= 0.6 is 0 Å². The standard InChI is InChI=1S/C29H38N2O2/c1-18(2)31(17-24-10-12-25(13-11-24)30(8)9)29(32)28-15-14-26(33-28)16-27-22(6)20(4)19(3)21(5)23(27)7/h10-15,18H,16-17H2,1-9H3. The molecule has 0 bridgehead atoms. The van der Waals surface area contributed by atoms with Crippen LogP contribution < -0.4 is 4.90 Å². The number of benzene rings is 2. The first-order valence-corrected chi connectivity index (χ1v) is 11.7. The molecule has 0 spiro atoms. The lowest BCUT2D eigenvalue weighted by atomic mass is 9.88. The summed E-state index contributed by atoms with van der Waals surface area (Å²) in [5.41, 5.74) is 10.2. The van der Waals surface area contributed by atoms with Crippen LogP contribution in [0.4, 0.5) is 5.69 Å². The minimum absolute atomic E-state index is 0.0615. The van der Waals surface area contributed by atoms with Crippen LogP contribution in [0.5, 0.6) is 0 Å². The lowest BCUT2D eigenvalue weighted by Gasteiger charge is -2.26. The first-order chi connectivity index (χ1) is 15.5. The maximum atomic E-state index is 13.3. The van der Waals surface area contributed by atoms with Gasteiger partial charge in [-0.25, -0.2) is 0 Å². The van der Waals surface area contributed by atoms with E-state index < -0.39 is 0 Å². The Kier molecular flexibility index (Phi) is 7.36. The van der Waals surface area contributed by atoms with Gasteiger partial charge in [0, 0.05) is 38.8 Å². The van der Waals surface area contributed by atoms with E-state index in [1.54, 1.807) is 0 Å². The number of nitrogens with zero attached hydrogens (tertiary/aromatic N) is 2. The van der Waals surface area contributed by atoms with Crippen molar-refractivity contribution in [2.45, 2.75) is 67.5 Å². The second-order valence-electron chi connectivity index (χ2n) is 9.63. The quantitative estimate of drug-likeness (QED) is 0.414. The zero-order valence-electron chi connectivity index (χ0n) is 21.7. The van der Waals surface area contributed by atoms with Gasteiger partial charge < -0.3 is 14.2 Å². The Morgan fingerprint density at radius 3 is 1.88 bits per heavy atom. The third kappa shape index (κ3) is 5.16. The molecule has 0 radical (unpaired) electrons. The summed E-state index contributed by atoms with van der Waals surface area (Å²) < 4.78 is 6.09. The van der Waals surface area contributed by atoms with Crippen molar-refractivity contribution < 1.29 is 9.21 Å². The molecule has 0 N–H and O–H groups in total. The Labute approximate surface area is 199 Å². The average Bonchev–Trinajstić information content (AvgIpc) is 3.26. The number of carbonyl (C=O) groups excluding carboxylic acids is 1. The minimum Gasteiger partial charge on any atom is -0.456 e. The number of anilines is 1. The molecular formula is C29H38N2O2. The second-order valence-corrected chi connectivity index (χ2v) is 9.63. The molecule has 0 aliphatic heterocycles. The van der Waals surface area contributed by atoms with Crippen molar-refractivity contribution in [3.8, 4) is 0 Å². The van der Waals surface area contributed by atoms with Crippen molar-refractivity contribution >= 4 is 11.6 Å². The molecule has 0 atom stereocenters. The highest BCUT2D eigenvalue weighted by molar-refractivity contribution is 5.91. The number of hydrogen-bond acceptors (Lipinski definition) is 3. The highest BCUT2D eigenvalue weighted by atomic mass is 16.4. The van der Waals surface area contributed by atoms with Crippen LogP contribution in [0.25, 0.3) is 0 Å². The van der Waals surface area contributed by atoms with Crippen molar-refractivity contribution in [2.24, 2.45) is 0 Å². The van der Waals surface area contributed by atoms with Gasteiger partial charge in [-0.15, -0.1) is 0 Å². The fraction of sp³-hybridized carbons (Fsp3) is 0.414. The van der Waals surface area contributed by atoms with Crippen LogP contribution in [0.2, 0.25) is 0 Å². The molecule has 0 aliphatic carbocycles. The minimum atomic E-state index is -0.0716. The van der Waals surface area contributed by atoms with Gasteiger partial charge in [0.2, 0.25) is 0 Å². The number of furan rings is 1. The van der Waals surface area contributed by atoms with Crippen molar-refractivity contribution in [2.75, 3.05) is 19.0 Å². The lowest BCUT2D eigenvalue weighted by molar-refractivity contribution is 0.0656. The van der Waals surface area contributed by atoms with Crippen LogP contribution in [-0.4, -0.2) is 30.9 Å². The Morgan fingerprint density at radius 1 is 0.818 bits per heavy atom. The number of hydrogen-bond donors (Lipinski definition) is 0. The molecule has 0 fully saturated rings. The number of amides is 1. The van der Waals surface area contributed by atoms with E-state index in [4.69, 9.17) is 4.42 Å². The van der Waals surface area contributed by atoms with Crippen molar-refractivity contribution in [3.05, 3.63) is 86.9 Å². The topological polar surface area (TPSA) is 36.7 Å². The van der Waals surface area contributed by atoms with Gasteiger partial charge in [0.05, 0.1) is 0 Å². The summed E-state index contributed by atoms with van der Waals surface area (Å²) in [5.74, 6) is 1.16. The third-order valence-corrected chi connectivity index (χ3v) is 7.07. The van der Waals surface area contributed by atoms with Gasteiger partial charge in [0.15, 0.2) is 5.76 Å². The molecule has 0 unspecified atom stereocenters. The Morgan fingerprint density at radius 2 is 1.36 bits per heavy atom. The Balaban J connectivity index is 1.82. The molecule has 4 heteroatoms. The Hall–Kier alpha value is -3.01. The molecule has 4 nitrogen and oxygen atoms in total. The fourth-order valence-electron chi connectivity index (χ4n) is 4.33. The molecule has 2 aromatic carbocycles. The summed E-state index contributed by atoms with van der Waals surface area (Å²) >= 11 is 0. The van der Waals surface area contributed by atoms with E-state index in [1.165, 1.54) is 33.4 Å². The van der Waals surface area contributed by atoms with Gasteiger partial charge in [-0.2, -0.15) is 0 Å². The number of rotatable bonds is 7. The van der Waals surface area contributed by atoms with Crippen LogP contribution in [-0.2, 0) is 13.0 Å². The van der Waals surface area contributed by atoms with Crippen molar-refractivity contribution in [3.63, 3.8) is 0 Å². The molecule has 33 heavy (non-hydrogen) atoms. The summed E-state index contributed by atoms with van der Waals surface area (Å²) in [7, 11) is 4.05. The van der Waals surface area contributed by atoms with Gasteiger partial charge in [0.1, 0.15) is 5.76 Å². The van der Waals surface area contributed by atoms with Crippen LogP contribution in [0.3, 0.4) is 0 Å². The molecule has 3 aromatic rings. The molecule has 0 saturated heterocycles. The molecule has 3 rings (SSSR count). The predicted molar refractivity (Wildman–Crippen MR) is 137 cm³/mol. The van der Waals surface area contributed by atoms with Crippen LogP contribution in [0.15, 0.2) is 40.8 Å². The maximum Gasteiger partial charge on any atom is 0.290 e. The largest absolute Gasteiger partial charge is 0.456 e. The summed E-state index contributed by atoms with van der Waals surface area (Å²) in [6.45, 7) is 15.6.